The summed E-state index contributed by atoms with van der Waals surface area (Å²) in [6.45, 7) is 2.56. The van der Waals surface area contributed by atoms with Gasteiger partial charge in [0.25, 0.3) is 0 Å². The minimum absolute atomic E-state index is 0.297. The van der Waals surface area contributed by atoms with Crippen LogP contribution in [0.1, 0.15) is 18.7 Å². The quantitative estimate of drug-likeness (QED) is 0.662. The van der Waals surface area contributed by atoms with Crippen LogP contribution in [0.3, 0.4) is 0 Å². The predicted octanol–water partition coefficient (Wildman–Crippen LogP) is 1.48. The van der Waals surface area contributed by atoms with Gasteiger partial charge >= 0.3 is 0 Å². The summed E-state index contributed by atoms with van der Waals surface area (Å²) >= 11 is 0. The largest absolute Gasteiger partial charge is 0.360 e. The minimum Gasteiger partial charge on any atom is -0.360 e. The third kappa shape index (κ3) is 2.33. The highest BCUT2D eigenvalue weighted by atomic mass is 16.5. The first-order valence-electron chi connectivity index (χ1n) is 3.67. The molecule has 0 saturated heterocycles. The highest BCUT2D eigenvalue weighted by Crippen LogP contribution is 2.09. The van der Waals surface area contributed by atoms with Gasteiger partial charge in [0, 0.05) is 6.61 Å². The van der Waals surface area contributed by atoms with Crippen molar-refractivity contribution >= 4 is 0 Å². The molecule has 0 amide bonds. The number of hydrogen-bond donors (Lipinski definition) is 1. The molecule has 0 aliphatic rings. The first-order chi connectivity index (χ1) is 5.34. The van der Waals surface area contributed by atoms with E-state index in [1.807, 2.05) is 31.2 Å². The molecule has 1 aromatic rings. The zero-order valence-electron chi connectivity index (χ0n) is 6.58. The van der Waals surface area contributed by atoms with Crippen molar-refractivity contribution in [3.05, 3.63) is 35.9 Å². The van der Waals surface area contributed by atoms with E-state index >= 15 is 0 Å². The summed E-state index contributed by atoms with van der Waals surface area (Å²) in [5.41, 5.74) is 6.66. The molecule has 1 unspecified atom stereocenters. The van der Waals surface area contributed by atoms with Gasteiger partial charge in [-0.25, -0.2) is 0 Å². The van der Waals surface area contributed by atoms with Crippen molar-refractivity contribution < 1.29 is 4.74 Å². The first-order valence-corrected chi connectivity index (χ1v) is 3.67. The predicted molar refractivity (Wildman–Crippen MR) is 43.8 cm³/mol. The summed E-state index contributed by atoms with van der Waals surface area (Å²) in [5, 5.41) is 0. The van der Waals surface area contributed by atoms with Crippen LogP contribution in [0, 0.1) is 6.07 Å². The van der Waals surface area contributed by atoms with Crippen molar-refractivity contribution in [2.24, 2.45) is 5.73 Å². The average molecular weight is 150 g/mol. The fourth-order valence-electron chi connectivity index (χ4n) is 0.865. The Morgan fingerprint density at radius 2 is 2.18 bits per heavy atom. The van der Waals surface area contributed by atoms with E-state index < -0.39 is 0 Å². The fourth-order valence-corrected chi connectivity index (χ4v) is 0.865. The lowest BCUT2D eigenvalue weighted by Crippen LogP contribution is -2.13. The third-order valence-corrected chi connectivity index (χ3v) is 1.42. The third-order valence-electron chi connectivity index (χ3n) is 1.42. The second kappa shape index (κ2) is 4.11. The molecule has 1 atom stereocenters. The first kappa shape index (κ1) is 8.24. The van der Waals surface area contributed by atoms with E-state index in [2.05, 4.69) is 6.07 Å². The Kier molecular flexibility index (Phi) is 3.08. The van der Waals surface area contributed by atoms with E-state index in [9.17, 15) is 0 Å². The molecule has 0 aliphatic carbocycles. The van der Waals surface area contributed by atoms with Crippen LogP contribution in [0.4, 0.5) is 0 Å². The van der Waals surface area contributed by atoms with Crippen molar-refractivity contribution in [2.45, 2.75) is 13.2 Å². The van der Waals surface area contributed by atoms with Crippen LogP contribution in [0.15, 0.2) is 24.3 Å². The molecular weight excluding hydrogens is 138 g/mol. The van der Waals surface area contributed by atoms with Gasteiger partial charge in [-0.05, 0) is 18.6 Å². The zero-order valence-corrected chi connectivity index (χ0v) is 6.58. The van der Waals surface area contributed by atoms with Gasteiger partial charge in [0.05, 0.1) is 0 Å². The molecule has 0 heterocycles. The van der Waals surface area contributed by atoms with E-state index in [1.165, 1.54) is 0 Å². The molecular formula is C9H12NO. The van der Waals surface area contributed by atoms with E-state index in [1.54, 1.807) is 0 Å². The molecule has 2 nitrogen and oxygen atoms in total. The van der Waals surface area contributed by atoms with Crippen molar-refractivity contribution in [3.63, 3.8) is 0 Å². The van der Waals surface area contributed by atoms with Gasteiger partial charge in [0.1, 0.15) is 6.23 Å². The maximum atomic E-state index is 5.67. The van der Waals surface area contributed by atoms with Gasteiger partial charge in [-0.1, -0.05) is 24.3 Å². The molecule has 0 bridgehead atoms. The van der Waals surface area contributed by atoms with Crippen molar-refractivity contribution in [1.82, 2.24) is 0 Å². The molecule has 0 aliphatic heterocycles. The molecule has 1 radical (unpaired) electrons. The van der Waals surface area contributed by atoms with E-state index in [0.717, 1.165) is 5.56 Å². The lowest BCUT2D eigenvalue weighted by Gasteiger charge is -2.10. The number of hydrogen-bond acceptors (Lipinski definition) is 2. The monoisotopic (exact) mass is 150 g/mol. The molecule has 11 heavy (non-hydrogen) atoms. The highest BCUT2D eigenvalue weighted by Gasteiger charge is 2.01. The summed E-state index contributed by atoms with van der Waals surface area (Å²) in [4.78, 5) is 0. The number of benzene rings is 1. The number of nitrogens with two attached hydrogens (primary N) is 1. The van der Waals surface area contributed by atoms with Crippen LogP contribution in [-0.4, -0.2) is 6.61 Å². The Bertz CT molecular complexity index is 198. The summed E-state index contributed by atoms with van der Waals surface area (Å²) in [5.74, 6) is 0. The molecule has 59 valence electrons. The second-order valence-corrected chi connectivity index (χ2v) is 2.21. The molecule has 2 heteroatoms. The fraction of sp³-hybridized carbons (Fsp3) is 0.333. The van der Waals surface area contributed by atoms with Crippen molar-refractivity contribution in [2.75, 3.05) is 6.61 Å². The minimum atomic E-state index is -0.297. The van der Waals surface area contributed by atoms with Crippen LogP contribution in [-0.2, 0) is 4.74 Å². The maximum absolute atomic E-state index is 5.67. The normalized spacial score (nSPS) is 12.9. The lowest BCUT2D eigenvalue weighted by atomic mass is 10.2. The van der Waals surface area contributed by atoms with E-state index in [0.29, 0.717) is 6.61 Å². The second-order valence-electron chi connectivity index (χ2n) is 2.21. The van der Waals surface area contributed by atoms with Gasteiger partial charge in [0.15, 0.2) is 0 Å². The summed E-state index contributed by atoms with van der Waals surface area (Å²) in [6, 6.07) is 10.4. The van der Waals surface area contributed by atoms with Crippen LogP contribution in [0.25, 0.3) is 0 Å². The Morgan fingerprint density at radius 1 is 1.55 bits per heavy atom. The van der Waals surface area contributed by atoms with Crippen LogP contribution >= 0.6 is 0 Å². The smallest absolute Gasteiger partial charge is 0.131 e. The summed E-state index contributed by atoms with van der Waals surface area (Å²) < 4.78 is 5.19. The molecule has 0 fully saturated rings. The standard InChI is InChI=1S/C9H12NO/c1-2-11-9(10)8-6-4-3-5-7-8/h4-7,9H,2,10H2,1H3. The van der Waals surface area contributed by atoms with Gasteiger partial charge in [-0.3, -0.25) is 0 Å². The number of rotatable bonds is 3. The van der Waals surface area contributed by atoms with Gasteiger partial charge in [0.2, 0.25) is 0 Å². The van der Waals surface area contributed by atoms with E-state index in [4.69, 9.17) is 10.5 Å². The topological polar surface area (TPSA) is 35.2 Å². The number of ether oxygens (including phenoxy) is 1. The lowest BCUT2D eigenvalue weighted by molar-refractivity contribution is 0.0674. The van der Waals surface area contributed by atoms with Crippen LogP contribution < -0.4 is 5.73 Å². The van der Waals surface area contributed by atoms with E-state index in [-0.39, 0.29) is 6.23 Å². The SMILES string of the molecule is CCOC(N)c1cc[c]cc1. The Hall–Kier alpha value is -0.860. The summed E-state index contributed by atoms with van der Waals surface area (Å²) in [6.07, 6.45) is -0.297. The average Bonchev–Trinajstić information content (AvgIpc) is 2.07. The van der Waals surface area contributed by atoms with Gasteiger partial charge < -0.3 is 10.5 Å². The zero-order chi connectivity index (χ0) is 8.10. The van der Waals surface area contributed by atoms with Crippen LogP contribution in [0.5, 0.6) is 0 Å². The molecule has 2 N–H and O–H groups in total. The molecule has 1 aromatic carbocycles. The highest BCUT2D eigenvalue weighted by molar-refractivity contribution is 5.15. The summed E-state index contributed by atoms with van der Waals surface area (Å²) in [7, 11) is 0. The Morgan fingerprint density at radius 3 is 2.73 bits per heavy atom. The van der Waals surface area contributed by atoms with Gasteiger partial charge in [-0.15, -0.1) is 0 Å². The Labute approximate surface area is 67.0 Å². The van der Waals surface area contributed by atoms with Crippen molar-refractivity contribution in [3.8, 4) is 0 Å². The molecule has 0 spiro atoms. The maximum Gasteiger partial charge on any atom is 0.131 e. The van der Waals surface area contributed by atoms with Crippen molar-refractivity contribution in [1.29, 1.82) is 0 Å². The molecule has 1 rings (SSSR count). The Balaban J connectivity index is 2.61. The molecule has 0 saturated carbocycles. The molecule has 0 aromatic heterocycles. The van der Waals surface area contributed by atoms with Crippen LogP contribution in [0.2, 0.25) is 0 Å². The van der Waals surface area contributed by atoms with Gasteiger partial charge in [-0.2, -0.15) is 0 Å².